The average molecular weight is 288 g/mol. The molecule has 2 aromatic rings. The van der Waals surface area contributed by atoms with Crippen LogP contribution in [0.25, 0.3) is 0 Å². The maximum Gasteiger partial charge on any atom is 0.263 e. The van der Waals surface area contributed by atoms with Gasteiger partial charge < -0.3 is 15.1 Å². The number of nitriles is 1. The van der Waals surface area contributed by atoms with Gasteiger partial charge in [0, 0.05) is 11.6 Å². The van der Waals surface area contributed by atoms with Gasteiger partial charge >= 0.3 is 0 Å². The van der Waals surface area contributed by atoms with Crippen molar-refractivity contribution in [3.05, 3.63) is 47.0 Å². The fraction of sp³-hybridized carbons (Fsp3) is 0.154. The third-order valence-corrected chi connectivity index (χ3v) is 3.22. The molecule has 7 heteroatoms. The topological polar surface area (TPSA) is 91.0 Å². The molecule has 2 aromatic heterocycles. The Kier molecular flexibility index (Phi) is 4.52. The van der Waals surface area contributed by atoms with Crippen molar-refractivity contribution in [1.29, 1.82) is 5.26 Å². The fourth-order valence-corrected chi connectivity index (χ4v) is 2.04. The maximum atomic E-state index is 11.8. The van der Waals surface area contributed by atoms with Crippen molar-refractivity contribution in [3.8, 4) is 6.07 Å². The molecule has 0 aliphatic rings. The second-order valence-corrected chi connectivity index (χ2v) is 4.73. The molecular formula is C13H12N4O2S. The number of furan rings is 1. The van der Waals surface area contributed by atoms with Gasteiger partial charge in [-0.25, -0.2) is 4.98 Å². The van der Waals surface area contributed by atoms with Gasteiger partial charge in [0.2, 0.25) is 0 Å². The number of amides is 1. The van der Waals surface area contributed by atoms with E-state index in [1.54, 1.807) is 12.1 Å². The van der Waals surface area contributed by atoms with Crippen LogP contribution in [0, 0.1) is 18.3 Å². The van der Waals surface area contributed by atoms with Crippen LogP contribution in [0.5, 0.6) is 0 Å². The van der Waals surface area contributed by atoms with E-state index in [0.717, 1.165) is 5.69 Å². The first-order valence-corrected chi connectivity index (χ1v) is 6.66. The molecule has 102 valence electrons. The molecule has 0 unspecified atom stereocenters. The summed E-state index contributed by atoms with van der Waals surface area (Å²) in [6, 6.07) is 5.32. The number of anilines is 1. The molecule has 0 aromatic carbocycles. The van der Waals surface area contributed by atoms with Gasteiger partial charge in [0.25, 0.3) is 5.91 Å². The lowest BCUT2D eigenvalue weighted by Gasteiger charge is -2.02. The van der Waals surface area contributed by atoms with E-state index in [9.17, 15) is 4.79 Å². The number of carbonyl (C=O) groups excluding carboxylic acids is 1. The number of aromatic nitrogens is 1. The van der Waals surface area contributed by atoms with Crippen LogP contribution in [-0.2, 0) is 11.3 Å². The number of thiazole rings is 1. The number of nitrogens with zero attached hydrogens (tertiary/aromatic N) is 2. The number of hydrogen-bond acceptors (Lipinski definition) is 6. The standard InChI is InChI=1S/C13H12N4O2S/c1-9-8-20-13(17-9)16-6-10(5-14)12(18)15-7-11-3-2-4-19-11/h2-4,6,8H,7H2,1H3,(H,15,18)(H,16,17)/b10-6-. The van der Waals surface area contributed by atoms with Gasteiger partial charge in [-0.2, -0.15) is 5.26 Å². The number of aryl methyl sites for hydroxylation is 1. The number of rotatable bonds is 5. The lowest BCUT2D eigenvalue weighted by Crippen LogP contribution is -2.24. The highest BCUT2D eigenvalue weighted by Crippen LogP contribution is 2.14. The van der Waals surface area contributed by atoms with Crippen molar-refractivity contribution in [2.24, 2.45) is 0 Å². The molecule has 2 N–H and O–H groups in total. The normalized spacial score (nSPS) is 10.9. The van der Waals surface area contributed by atoms with Crippen molar-refractivity contribution in [1.82, 2.24) is 10.3 Å². The Morgan fingerprint density at radius 1 is 1.65 bits per heavy atom. The molecule has 0 radical (unpaired) electrons. The van der Waals surface area contributed by atoms with Crippen molar-refractivity contribution in [2.75, 3.05) is 5.32 Å². The van der Waals surface area contributed by atoms with Crippen LogP contribution in [0.1, 0.15) is 11.5 Å². The molecule has 0 spiro atoms. The van der Waals surface area contributed by atoms with Gasteiger partial charge in [-0.15, -0.1) is 11.3 Å². The van der Waals surface area contributed by atoms with E-state index >= 15 is 0 Å². The summed E-state index contributed by atoms with van der Waals surface area (Å²) in [5.74, 6) is 0.156. The summed E-state index contributed by atoms with van der Waals surface area (Å²) in [6.45, 7) is 2.11. The van der Waals surface area contributed by atoms with Gasteiger partial charge in [-0.1, -0.05) is 0 Å². The monoisotopic (exact) mass is 288 g/mol. The zero-order valence-electron chi connectivity index (χ0n) is 10.7. The molecule has 0 aliphatic carbocycles. The molecule has 0 aliphatic heterocycles. The van der Waals surface area contributed by atoms with E-state index < -0.39 is 5.91 Å². The summed E-state index contributed by atoms with van der Waals surface area (Å²) in [4.78, 5) is 16.0. The predicted octanol–water partition coefficient (Wildman–Crippen LogP) is 2.18. The van der Waals surface area contributed by atoms with Crippen LogP contribution < -0.4 is 10.6 Å². The van der Waals surface area contributed by atoms with Crippen LogP contribution in [0.15, 0.2) is 40.0 Å². The molecule has 0 bridgehead atoms. The van der Waals surface area contributed by atoms with Crippen molar-refractivity contribution < 1.29 is 9.21 Å². The molecule has 20 heavy (non-hydrogen) atoms. The van der Waals surface area contributed by atoms with E-state index in [4.69, 9.17) is 9.68 Å². The first-order valence-electron chi connectivity index (χ1n) is 5.78. The Morgan fingerprint density at radius 2 is 2.50 bits per heavy atom. The molecular weight excluding hydrogens is 276 g/mol. The minimum absolute atomic E-state index is 0.0237. The molecule has 2 heterocycles. The van der Waals surface area contributed by atoms with E-state index in [1.807, 2.05) is 18.4 Å². The van der Waals surface area contributed by atoms with Gasteiger partial charge in [-0.3, -0.25) is 4.79 Å². The highest BCUT2D eigenvalue weighted by Gasteiger charge is 2.09. The highest BCUT2D eigenvalue weighted by molar-refractivity contribution is 7.13. The third-order valence-electron chi connectivity index (χ3n) is 2.33. The minimum Gasteiger partial charge on any atom is -0.467 e. The Hall–Kier alpha value is -2.59. The van der Waals surface area contributed by atoms with E-state index in [2.05, 4.69) is 15.6 Å². The predicted molar refractivity (Wildman–Crippen MR) is 74.7 cm³/mol. The quantitative estimate of drug-likeness (QED) is 0.650. The van der Waals surface area contributed by atoms with Crippen LogP contribution >= 0.6 is 11.3 Å². The van der Waals surface area contributed by atoms with Gasteiger partial charge in [0.05, 0.1) is 18.5 Å². The third kappa shape index (κ3) is 3.70. The molecule has 0 atom stereocenters. The second kappa shape index (κ2) is 6.54. The zero-order chi connectivity index (χ0) is 14.4. The summed E-state index contributed by atoms with van der Waals surface area (Å²) in [6.07, 6.45) is 2.87. The number of carbonyl (C=O) groups is 1. The summed E-state index contributed by atoms with van der Waals surface area (Å²) < 4.78 is 5.09. The van der Waals surface area contributed by atoms with Crippen LogP contribution in [0.3, 0.4) is 0 Å². The average Bonchev–Trinajstić information content (AvgIpc) is 3.08. The molecule has 0 saturated heterocycles. The summed E-state index contributed by atoms with van der Waals surface area (Å²) >= 11 is 1.40. The zero-order valence-corrected chi connectivity index (χ0v) is 11.5. The SMILES string of the molecule is Cc1csc(N/C=C(/C#N)C(=O)NCc2ccco2)n1. The molecule has 1 amide bonds. The lowest BCUT2D eigenvalue weighted by molar-refractivity contribution is -0.117. The van der Waals surface area contributed by atoms with Gasteiger partial charge in [0.15, 0.2) is 5.13 Å². The summed E-state index contributed by atoms with van der Waals surface area (Å²) in [7, 11) is 0. The lowest BCUT2D eigenvalue weighted by atomic mass is 10.3. The smallest absolute Gasteiger partial charge is 0.263 e. The molecule has 6 nitrogen and oxygen atoms in total. The Balaban J connectivity index is 1.93. The Labute approximate surface area is 119 Å². The van der Waals surface area contributed by atoms with Crippen molar-refractivity contribution in [2.45, 2.75) is 13.5 Å². The van der Waals surface area contributed by atoms with Gasteiger partial charge in [0.1, 0.15) is 17.4 Å². The summed E-state index contributed by atoms with van der Waals surface area (Å²) in [5.41, 5.74) is 0.857. The first-order chi connectivity index (χ1) is 9.69. The van der Waals surface area contributed by atoms with E-state index in [1.165, 1.54) is 23.8 Å². The minimum atomic E-state index is -0.468. The molecule has 2 rings (SSSR count). The van der Waals surface area contributed by atoms with Crippen molar-refractivity contribution in [3.63, 3.8) is 0 Å². The van der Waals surface area contributed by atoms with E-state index in [0.29, 0.717) is 10.9 Å². The Morgan fingerprint density at radius 3 is 3.10 bits per heavy atom. The molecule has 0 fully saturated rings. The van der Waals surface area contributed by atoms with Gasteiger partial charge in [-0.05, 0) is 19.1 Å². The number of nitrogens with one attached hydrogen (secondary N) is 2. The summed E-state index contributed by atoms with van der Waals surface area (Å²) in [5, 5.41) is 16.9. The fourth-order valence-electron chi connectivity index (χ4n) is 1.38. The van der Waals surface area contributed by atoms with Crippen LogP contribution in [0.4, 0.5) is 5.13 Å². The van der Waals surface area contributed by atoms with Crippen molar-refractivity contribution >= 4 is 22.4 Å². The van der Waals surface area contributed by atoms with Crippen LogP contribution in [-0.4, -0.2) is 10.9 Å². The van der Waals surface area contributed by atoms with E-state index in [-0.39, 0.29) is 12.1 Å². The van der Waals surface area contributed by atoms with Crippen LogP contribution in [0.2, 0.25) is 0 Å². The number of hydrogen-bond donors (Lipinski definition) is 2. The first kappa shape index (κ1) is 13.8. The highest BCUT2D eigenvalue weighted by atomic mass is 32.1. The largest absolute Gasteiger partial charge is 0.467 e. The second-order valence-electron chi connectivity index (χ2n) is 3.87. The Bertz CT molecular complexity index is 652. The maximum absolute atomic E-state index is 11.8. The molecule has 0 saturated carbocycles.